The van der Waals surface area contributed by atoms with E-state index < -0.39 is 4.92 Å². The van der Waals surface area contributed by atoms with Crippen molar-refractivity contribution in [2.75, 3.05) is 6.61 Å². The minimum atomic E-state index is -0.463. The fourth-order valence-corrected chi connectivity index (χ4v) is 2.56. The lowest BCUT2D eigenvalue weighted by atomic mass is 10.1. The van der Waals surface area contributed by atoms with Gasteiger partial charge >= 0.3 is 0 Å². The predicted molar refractivity (Wildman–Crippen MR) is 78.5 cm³/mol. The Hall–Kier alpha value is -2.21. The molecule has 6 nitrogen and oxygen atoms in total. The molecule has 2 N–H and O–H groups in total. The average molecular weight is 290 g/mol. The summed E-state index contributed by atoms with van der Waals surface area (Å²) in [7, 11) is 0. The van der Waals surface area contributed by atoms with Crippen LogP contribution in [-0.2, 0) is 4.79 Å². The lowest BCUT2D eigenvalue weighted by molar-refractivity contribution is -0.384. The zero-order valence-electron chi connectivity index (χ0n) is 11.6. The second kappa shape index (κ2) is 6.99. The number of hydrogen-bond acceptors (Lipinski definition) is 4. The largest absolute Gasteiger partial charge is 0.396 e. The molecule has 1 aromatic rings. The molecular formula is C15H18N2O4. The molecule has 2 rings (SSSR count). The average Bonchev–Trinajstić information content (AvgIpc) is 2.92. The molecule has 0 heterocycles. The second-order valence-corrected chi connectivity index (χ2v) is 5.17. The van der Waals surface area contributed by atoms with E-state index in [0.29, 0.717) is 0 Å². The Labute approximate surface area is 122 Å². The van der Waals surface area contributed by atoms with Crippen LogP contribution < -0.4 is 5.32 Å². The molecule has 1 aliphatic rings. The molecule has 0 aliphatic heterocycles. The maximum atomic E-state index is 11.8. The first-order valence-corrected chi connectivity index (χ1v) is 6.94. The second-order valence-electron chi connectivity index (χ2n) is 5.17. The van der Waals surface area contributed by atoms with Gasteiger partial charge in [-0.3, -0.25) is 14.9 Å². The van der Waals surface area contributed by atoms with Gasteiger partial charge in [0.15, 0.2) is 0 Å². The van der Waals surface area contributed by atoms with Crippen LogP contribution in [0.1, 0.15) is 24.8 Å². The Balaban J connectivity index is 1.91. The Morgan fingerprint density at radius 2 is 2.10 bits per heavy atom. The number of nitro groups is 1. The molecule has 0 aromatic heterocycles. The molecule has 0 radical (unpaired) electrons. The van der Waals surface area contributed by atoms with Gasteiger partial charge in [0.2, 0.25) is 5.91 Å². The molecule has 2 atom stereocenters. The number of hydrogen-bond donors (Lipinski definition) is 2. The van der Waals surface area contributed by atoms with Gasteiger partial charge in [0.1, 0.15) is 0 Å². The van der Waals surface area contributed by atoms with Crippen LogP contribution in [0.2, 0.25) is 0 Å². The van der Waals surface area contributed by atoms with Crippen LogP contribution in [0, 0.1) is 16.0 Å². The number of nitro benzene ring substituents is 1. The van der Waals surface area contributed by atoms with Gasteiger partial charge in [0.25, 0.3) is 5.69 Å². The van der Waals surface area contributed by atoms with Gasteiger partial charge in [0.05, 0.1) is 4.92 Å². The Morgan fingerprint density at radius 1 is 1.38 bits per heavy atom. The summed E-state index contributed by atoms with van der Waals surface area (Å²) in [5, 5.41) is 22.6. The first-order chi connectivity index (χ1) is 10.1. The highest BCUT2D eigenvalue weighted by Gasteiger charge is 2.27. The summed E-state index contributed by atoms with van der Waals surface area (Å²) in [6, 6.07) is 6.01. The molecule has 0 spiro atoms. The molecule has 0 bridgehead atoms. The van der Waals surface area contributed by atoms with Crippen molar-refractivity contribution >= 4 is 17.7 Å². The Bertz CT molecular complexity index is 539. The quantitative estimate of drug-likeness (QED) is 0.492. The summed E-state index contributed by atoms with van der Waals surface area (Å²) >= 11 is 0. The number of carbonyl (C=O) groups is 1. The fourth-order valence-electron chi connectivity index (χ4n) is 2.56. The van der Waals surface area contributed by atoms with Crippen LogP contribution >= 0.6 is 0 Å². The van der Waals surface area contributed by atoms with Crippen molar-refractivity contribution in [2.45, 2.75) is 25.3 Å². The van der Waals surface area contributed by atoms with Crippen molar-refractivity contribution in [3.8, 4) is 0 Å². The number of rotatable bonds is 5. The summed E-state index contributed by atoms with van der Waals surface area (Å²) in [5.74, 6) is -0.0690. The molecule has 6 heteroatoms. The number of aliphatic hydroxyl groups is 1. The lowest BCUT2D eigenvalue weighted by Gasteiger charge is -2.17. The van der Waals surface area contributed by atoms with Crippen LogP contribution in [0.3, 0.4) is 0 Å². The van der Waals surface area contributed by atoms with Crippen LogP contribution in [0.5, 0.6) is 0 Å². The third-order valence-corrected chi connectivity index (χ3v) is 3.75. The monoisotopic (exact) mass is 290 g/mol. The standard InChI is InChI=1S/C15H18N2O4/c18-10-12-2-1-3-14(12)16-15(19)9-6-11-4-7-13(8-5-11)17(20)21/h4-9,12,14,18H,1-3,10H2,(H,16,19)/b9-6+. The zero-order chi connectivity index (χ0) is 15.2. The third-order valence-electron chi connectivity index (χ3n) is 3.75. The van der Waals surface area contributed by atoms with E-state index in [4.69, 9.17) is 0 Å². The minimum absolute atomic E-state index is 0.0216. The Kier molecular flexibility index (Phi) is 5.05. The van der Waals surface area contributed by atoms with Gasteiger partial charge < -0.3 is 10.4 Å². The van der Waals surface area contributed by atoms with Crippen molar-refractivity contribution in [2.24, 2.45) is 5.92 Å². The van der Waals surface area contributed by atoms with Crippen molar-refractivity contribution in [3.05, 3.63) is 46.0 Å². The van der Waals surface area contributed by atoms with Gasteiger partial charge in [-0.15, -0.1) is 0 Å². The molecule has 1 fully saturated rings. The molecular weight excluding hydrogens is 272 g/mol. The normalized spacial score (nSPS) is 21.6. The summed E-state index contributed by atoms with van der Waals surface area (Å²) in [5.41, 5.74) is 0.745. The van der Waals surface area contributed by atoms with Gasteiger partial charge in [-0.25, -0.2) is 0 Å². The third kappa shape index (κ3) is 4.13. The highest BCUT2D eigenvalue weighted by molar-refractivity contribution is 5.91. The molecule has 1 aromatic carbocycles. The molecule has 1 saturated carbocycles. The highest BCUT2D eigenvalue weighted by Crippen LogP contribution is 2.25. The molecule has 1 amide bonds. The van der Waals surface area contributed by atoms with Crippen molar-refractivity contribution in [1.82, 2.24) is 5.32 Å². The number of benzene rings is 1. The van der Waals surface area contributed by atoms with Crippen LogP contribution in [-0.4, -0.2) is 28.6 Å². The maximum Gasteiger partial charge on any atom is 0.269 e. The van der Waals surface area contributed by atoms with E-state index in [1.54, 1.807) is 18.2 Å². The van der Waals surface area contributed by atoms with Crippen molar-refractivity contribution in [3.63, 3.8) is 0 Å². The maximum absolute atomic E-state index is 11.8. The molecule has 21 heavy (non-hydrogen) atoms. The highest BCUT2D eigenvalue weighted by atomic mass is 16.6. The number of nitrogens with zero attached hydrogens (tertiary/aromatic N) is 1. The van der Waals surface area contributed by atoms with Crippen LogP contribution in [0.15, 0.2) is 30.3 Å². The van der Waals surface area contributed by atoms with Gasteiger partial charge in [-0.05, 0) is 36.6 Å². The van der Waals surface area contributed by atoms with Gasteiger partial charge in [-0.1, -0.05) is 6.42 Å². The first kappa shape index (κ1) is 15.2. The van der Waals surface area contributed by atoms with E-state index in [-0.39, 0.29) is 30.2 Å². The fraction of sp³-hybridized carbons (Fsp3) is 0.400. The summed E-state index contributed by atoms with van der Waals surface area (Å²) < 4.78 is 0. The zero-order valence-corrected chi connectivity index (χ0v) is 11.6. The molecule has 2 unspecified atom stereocenters. The van der Waals surface area contributed by atoms with Gasteiger partial charge in [0, 0.05) is 36.8 Å². The number of non-ortho nitro benzene ring substituents is 1. The number of carbonyl (C=O) groups excluding carboxylic acids is 1. The molecule has 1 aliphatic carbocycles. The van der Waals surface area contributed by atoms with E-state index >= 15 is 0 Å². The molecule has 0 saturated heterocycles. The van der Waals surface area contributed by atoms with E-state index in [9.17, 15) is 20.0 Å². The van der Waals surface area contributed by atoms with E-state index in [1.165, 1.54) is 18.2 Å². The number of nitrogens with one attached hydrogen (secondary N) is 1. The summed E-state index contributed by atoms with van der Waals surface area (Å²) in [6.07, 6.45) is 5.87. The van der Waals surface area contributed by atoms with Crippen molar-refractivity contribution in [1.29, 1.82) is 0 Å². The lowest BCUT2D eigenvalue weighted by Crippen LogP contribution is -2.37. The smallest absolute Gasteiger partial charge is 0.269 e. The van der Waals surface area contributed by atoms with E-state index in [1.807, 2.05) is 0 Å². The van der Waals surface area contributed by atoms with Crippen molar-refractivity contribution < 1.29 is 14.8 Å². The Morgan fingerprint density at radius 3 is 2.71 bits per heavy atom. The minimum Gasteiger partial charge on any atom is -0.396 e. The van der Waals surface area contributed by atoms with Crippen LogP contribution in [0.4, 0.5) is 5.69 Å². The number of aliphatic hydroxyl groups excluding tert-OH is 1. The van der Waals surface area contributed by atoms with E-state index in [0.717, 1.165) is 24.8 Å². The van der Waals surface area contributed by atoms with Gasteiger partial charge in [-0.2, -0.15) is 0 Å². The first-order valence-electron chi connectivity index (χ1n) is 6.94. The summed E-state index contributed by atoms with van der Waals surface area (Å²) in [4.78, 5) is 21.9. The summed E-state index contributed by atoms with van der Waals surface area (Å²) in [6.45, 7) is 0.0943. The number of amides is 1. The molecule has 112 valence electrons. The van der Waals surface area contributed by atoms with E-state index in [2.05, 4.69) is 5.32 Å². The SMILES string of the molecule is O=C(/C=C/c1ccc([N+](=O)[O-])cc1)NC1CCCC1CO. The van der Waals surface area contributed by atoms with Crippen LogP contribution in [0.25, 0.3) is 6.08 Å². The topological polar surface area (TPSA) is 92.5 Å². The predicted octanol–water partition coefficient (Wildman–Crippen LogP) is 1.89.